The highest BCUT2D eigenvalue weighted by Crippen LogP contribution is 2.26. The molecule has 17 heavy (non-hydrogen) atoms. The molecule has 3 heteroatoms. The number of methoxy groups -OCH3 is 2. The second-order valence-electron chi connectivity index (χ2n) is 4.16. The summed E-state index contributed by atoms with van der Waals surface area (Å²) >= 11 is 0. The molecule has 1 rings (SSSR count). The minimum absolute atomic E-state index is 0.00986. The van der Waals surface area contributed by atoms with Crippen LogP contribution in [-0.4, -0.2) is 26.1 Å². The molecule has 0 amide bonds. The zero-order chi connectivity index (χ0) is 13.0. The minimum atomic E-state index is -0.398. The van der Waals surface area contributed by atoms with Crippen LogP contribution >= 0.6 is 0 Å². The van der Waals surface area contributed by atoms with Gasteiger partial charge < -0.3 is 9.47 Å². The Bertz CT molecular complexity index is 406. The van der Waals surface area contributed by atoms with Gasteiger partial charge in [0, 0.05) is 7.11 Å². The summed E-state index contributed by atoms with van der Waals surface area (Å²) in [7, 11) is 3.14. The van der Waals surface area contributed by atoms with Gasteiger partial charge in [0.25, 0.3) is 0 Å². The van der Waals surface area contributed by atoms with Gasteiger partial charge in [0.2, 0.25) is 0 Å². The molecule has 0 aliphatic rings. The van der Waals surface area contributed by atoms with Gasteiger partial charge in [-0.1, -0.05) is 13.0 Å². The van der Waals surface area contributed by atoms with Crippen molar-refractivity contribution >= 4 is 5.78 Å². The third-order valence-corrected chi connectivity index (χ3v) is 2.86. The topological polar surface area (TPSA) is 35.5 Å². The van der Waals surface area contributed by atoms with E-state index in [1.165, 1.54) is 0 Å². The Morgan fingerprint density at radius 1 is 1.29 bits per heavy atom. The van der Waals surface area contributed by atoms with E-state index >= 15 is 0 Å². The number of Topliss-reactive ketones (excluding diaryl/α,β-unsaturated/α-hetero) is 1. The van der Waals surface area contributed by atoms with Gasteiger partial charge in [-0.05, 0) is 37.5 Å². The molecule has 0 saturated carbocycles. The first-order valence-electron chi connectivity index (χ1n) is 5.77. The van der Waals surface area contributed by atoms with E-state index in [-0.39, 0.29) is 5.78 Å². The molecule has 3 nitrogen and oxygen atoms in total. The molecule has 0 heterocycles. The predicted molar refractivity (Wildman–Crippen MR) is 67.9 cm³/mol. The zero-order valence-electron chi connectivity index (χ0n) is 11.2. The normalized spacial score (nSPS) is 12.3. The van der Waals surface area contributed by atoms with E-state index in [4.69, 9.17) is 9.47 Å². The average molecular weight is 236 g/mol. The molecule has 1 unspecified atom stereocenters. The summed E-state index contributed by atoms with van der Waals surface area (Å²) < 4.78 is 10.5. The van der Waals surface area contributed by atoms with Gasteiger partial charge >= 0.3 is 0 Å². The number of hydrogen-bond donors (Lipinski definition) is 0. The fraction of sp³-hybridized carbons (Fsp3) is 0.500. The van der Waals surface area contributed by atoms with E-state index in [1.807, 2.05) is 32.9 Å². The van der Waals surface area contributed by atoms with Gasteiger partial charge in [-0.15, -0.1) is 0 Å². The summed E-state index contributed by atoms with van der Waals surface area (Å²) in [6.07, 6.45) is 0.261. The molecule has 1 aromatic rings. The average Bonchev–Trinajstić information content (AvgIpc) is 2.29. The lowest BCUT2D eigenvalue weighted by atomic mass is 9.97. The zero-order valence-corrected chi connectivity index (χ0v) is 11.2. The molecule has 0 aliphatic carbocycles. The number of rotatable bonds is 5. The van der Waals surface area contributed by atoms with Crippen LogP contribution < -0.4 is 4.74 Å². The lowest BCUT2D eigenvalue weighted by Crippen LogP contribution is -2.23. The fourth-order valence-electron chi connectivity index (χ4n) is 2.03. The molecule has 0 bridgehead atoms. The van der Waals surface area contributed by atoms with Crippen molar-refractivity contribution in [2.24, 2.45) is 0 Å². The number of carbonyl (C=O) groups is 1. The molecule has 0 fully saturated rings. The smallest absolute Gasteiger partial charge is 0.195 e. The van der Waals surface area contributed by atoms with Crippen molar-refractivity contribution in [2.75, 3.05) is 14.2 Å². The highest BCUT2D eigenvalue weighted by atomic mass is 16.5. The second kappa shape index (κ2) is 5.82. The van der Waals surface area contributed by atoms with Gasteiger partial charge in [0.15, 0.2) is 5.78 Å². The monoisotopic (exact) mass is 236 g/mol. The largest absolute Gasteiger partial charge is 0.496 e. The lowest BCUT2D eigenvalue weighted by Gasteiger charge is -2.16. The summed E-state index contributed by atoms with van der Waals surface area (Å²) in [4.78, 5) is 12.3. The Labute approximate surface area is 103 Å². The van der Waals surface area contributed by atoms with E-state index in [9.17, 15) is 4.79 Å². The summed E-state index contributed by atoms with van der Waals surface area (Å²) in [6, 6.07) is 3.86. The molecule has 0 aromatic heterocycles. The molecular weight excluding hydrogens is 216 g/mol. The molecule has 0 saturated heterocycles. The van der Waals surface area contributed by atoms with E-state index in [1.54, 1.807) is 14.2 Å². The van der Waals surface area contributed by atoms with Crippen molar-refractivity contribution in [1.29, 1.82) is 0 Å². The van der Waals surface area contributed by atoms with Crippen molar-refractivity contribution in [3.8, 4) is 5.75 Å². The van der Waals surface area contributed by atoms with Crippen molar-refractivity contribution in [1.82, 2.24) is 0 Å². The standard InChI is InChI=1S/C14H20O3/c1-6-11(16-4)14(15)13-10(3)7-9(2)8-12(13)17-5/h7-8,11H,6H2,1-5H3. The lowest BCUT2D eigenvalue weighted by molar-refractivity contribution is 0.0592. The summed E-state index contributed by atoms with van der Waals surface area (Å²) in [6.45, 7) is 5.84. The third kappa shape index (κ3) is 2.86. The number of ketones is 1. The first kappa shape index (κ1) is 13.7. The number of benzene rings is 1. The van der Waals surface area contributed by atoms with Gasteiger partial charge in [-0.3, -0.25) is 4.79 Å². The maximum absolute atomic E-state index is 12.3. The molecular formula is C14H20O3. The number of aryl methyl sites for hydroxylation is 2. The van der Waals surface area contributed by atoms with Crippen molar-refractivity contribution in [3.63, 3.8) is 0 Å². The van der Waals surface area contributed by atoms with Crippen LogP contribution in [0.2, 0.25) is 0 Å². The predicted octanol–water partition coefficient (Wildman–Crippen LogP) is 2.92. The van der Waals surface area contributed by atoms with Crippen LogP contribution in [0.4, 0.5) is 0 Å². The van der Waals surface area contributed by atoms with Crippen LogP contribution in [0.3, 0.4) is 0 Å². The number of carbonyl (C=O) groups excluding carboxylic acids is 1. The van der Waals surface area contributed by atoms with Gasteiger partial charge in [-0.25, -0.2) is 0 Å². The Morgan fingerprint density at radius 2 is 1.94 bits per heavy atom. The van der Waals surface area contributed by atoms with Crippen molar-refractivity contribution in [2.45, 2.75) is 33.3 Å². The molecule has 1 atom stereocenters. The van der Waals surface area contributed by atoms with Crippen LogP contribution in [0.5, 0.6) is 5.75 Å². The van der Waals surface area contributed by atoms with Crippen LogP contribution in [0.1, 0.15) is 34.8 Å². The molecule has 0 N–H and O–H groups in total. The van der Waals surface area contributed by atoms with Gasteiger partial charge in [0.1, 0.15) is 11.9 Å². The third-order valence-electron chi connectivity index (χ3n) is 2.86. The van der Waals surface area contributed by atoms with Crippen LogP contribution in [0, 0.1) is 13.8 Å². The van der Waals surface area contributed by atoms with Gasteiger partial charge in [0.05, 0.1) is 12.7 Å². The SMILES string of the molecule is CCC(OC)C(=O)c1c(C)cc(C)cc1OC. The minimum Gasteiger partial charge on any atom is -0.496 e. The maximum atomic E-state index is 12.3. The fourth-order valence-corrected chi connectivity index (χ4v) is 2.03. The summed E-state index contributed by atoms with van der Waals surface area (Å²) in [5.74, 6) is 0.618. The summed E-state index contributed by atoms with van der Waals surface area (Å²) in [5, 5.41) is 0. The van der Waals surface area contributed by atoms with Crippen LogP contribution in [0.15, 0.2) is 12.1 Å². The molecule has 0 spiro atoms. The Morgan fingerprint density at radius 3 is 2.41 bits per heavy atom. The number of ether oxygens (including phenoxy) is 2. The molecule has 0 aliphatic heterocycles. The summed E-state index contributed by atoms with van der Waals surface area (Å²) in [5.41, 5.74) is 2.65. The number of hydrogen-bond acceptors (Lipinski definition) is 3. The Kier molecular flexibility index (Phi) is 4.70. The van der Waals surface area contributed by atoms with Crippen LogP contribution in [-0.2, 0) is 4.74 Å². The van der Waals surface area contributed by atoms with E-state index in [2.05, 4.69) is 0 Å². The van der Waals surface area contributed by atoms with E-state index in [0.717, 1.165) is 11.1 Å². The highest BCUT2D eigenvalue weighted by Gasteiger charge is 2.23. The quantitative estimate of drug-likeness (QED) is 0.737. The molecule has 1 aromatic carbocycles. The molecule has 94 valence electrons. The second-order valence-corrected chi connectivity index (χ2v) is 4.16. The van der Waals surface area contributed by atoms with Crippen molar-refractivity contribution < 1.29 is 14.3 Å². The van der Waals surface area contributed by atoms with E-state index in [0.29, 0.717) is 17.7 Å². The van der Waals surface area contributed by atoms with Gasteiger partial charge in [-0.2, -0.15) is 0 Å². The molecule has 0 radical (unpaired) electrons. The van der Waals surface area contributed by atoms with Crippen LogP contribution in [0.25, 0.3) is 0 Å². The van der Waals surface area contributed by atoms with E-state index < -0.39 is 6.10 Å². The first-order chi connectivity index (χ1) is 8.04. The highest BCUT2D eigenvalue weighted by molar-refractivity contribution is 6.03. The Hall–Kier alpha value is -1.35. The maximum Gasteiger partial charge on any atom is 0.195 e. The Balaban J connectivity index is 3.25. The van der Waals surface area contributed by atoms with Crippen molar-refractivity contribution in [3.05, 3.63) is 28.8 Å². The first-order valence-corrected chi connectivity index (χ1v) is 5.77.